The molecule has 0 amide bonds. The van der Waals surface area contributed by atoms with Gasteiger partial charge >= 0.3 is 6.18 Å². The van der Waals surface area contributed by atoms with Crippen LogP contribution in [-0.2, 0) is 6.18 Å². The van der Waals surface area contributed by atoms with E-state index in [1.807, 2.05) is 37.4 Å². The Morgan fingerprint density at radius 1 is 1.08 bits per heavy atom. The molecule has 3 aromatic rings. The Bertz CT molecular complexity index is 906. The van der Waals surface area contributed by atoms with E-state index < -0.39 is 29.1 Å². The van der Waals surface area contributed by atoms with Crippen molar-refractivity contribution in [2.75, 3.05) is 5.73 Å². The Kier molecular flexibility index (Phi) is 5.91. The Morgan fingerprint density at radius 3 is 2.31 bits per heavy atom. The lowest BCUT2D eigenvalue weighted by Gasteiger charge is -2.08. The number of aromatic nitrogens is 2. The van der Waals surface area contributed by atoms with Crippen molar-refractivity contribution in [3.63, 3.8) is 0 Å². The molecule has 0 bridgehead atoms. The molecule has 0 atom stereocenters. The maximum absolute atomic E-state index is 12.6. The van der Waals surface area contributed by atoms with Crippen molar-refractivity contribution < 1.29 is 22.0 Å². The minimum atomic E-state index is -4.90. The van der Waals surface area contributed by atoms with Crippen LogP contribution in [0.25, 0.3) is 11.4 Å². The summed E-state index contributed by atoms with van der Waals surface area (Å²) in [6.45, 7) is 1.98. The van der Waals surface area contributed by atoms with Crippen LogP contribution in [0.2, 0.25) is 0 Å². The Hall–Kier alpha value is -2.55. The predicted octanol–water partition coefficient (Wildman–Crippen LogP) is 5.24. The maximum Gasteiger partial charge on any atom is 0.419 e. The van der Waals surface area contributed by atoms with Gasteiger partial charge in [0.2, 0.25) is 0 Å². The third-order valence-corrected chi connectivity index (χ3v) is 3.48. The quantitative estimate of drug-likeness (QED) is 0.304. The topological polar surface area (TPSA) is 54.7 Å². The van der Waals surface area contributed by atoms with E-state index in [0.717, 1.165) is 22.0 Å². The molecule has 3 N–H and O–H groups in total. The van der Waals surface area contributed by atoms with Gasteiger partial charge in [-0.15, -0.1) is 12.6 Å². The average Bonchev–Trinajstić information content (AvgIpc) is 2.97. The lowest BCUT2D eigenvalue weighted by molar-refractivity contribution is -0.140. The molecule has 0 spiro atoms. The zero-order valence-corrected chi connectivity index (χ0v) is 14.3. The fourth-order valence-corrected chi connectivity index (χ4v) is 2.20. The first-order valence-corrected chi connectivity index (χ1v) is 7.66. The molecular formula is C17H14F5N3S. The zero-order valence-electron chi connectivity index (χ0n) is 13.4. The molecule has 26 heavy (non-hydrogen) atoms. The summed E-state index contributed by atoms with van der Waals surface area (Å²) >= 11 is 4.22. The lowest BCUT2D eigenvalue weighted by atomic mass is 10.2. The summed E-state index contributed by atoms with van der Waals surface area (Å²) < 4.78 is 60.8. The molecule has 1 aromatic carbocycles. The summed E-state index contributed by atoms with van der Waals surface area (Å²) in [5.41, 5.74) is 5.54. The van der Waals surface area contributed by atoms with Gasteiger partial charge in [-0.1, -0.05) is 6.07 Å². The van der Waals surface area contributed by atoms with Gasteiger partial charge in [0.1, 0.15) is 11.6 Å². The number of nitrogen functional groups attached to an aromatic ring is 1. The third-order valence-electron chi connectivity index (χ3n) is 3.22. The van der Waals surface area contributed by atoms with Crippen LogP contribution in [0.1, 0.15) is 11.3 Å². The number of nitrogens with zero attached hydrogens (tertiary/aromatic N) is 1. The summed E-state index contributed by atoms with van der Waals surface area (Å²) in [6, 6.07) is 8.25. The number of nitrogens with one attached hydrogen (secondary N) is 1. The lowest BCUT2D eigenvalue weighted by Crippen LogP contribution is -2.09. The minimum Gasteiger partial charge on any atom is -0.396 e. The highest BCUT2D eigenvalue weighted by molar-refractivity contribution is 7.80. The number of rotatable bonds is 1. The number of thiol groups is 1. The van der Waals surface area contributed by atoms with Crippen molar-refractivity contribution in [3.05, 3.63) is 65.5 Å². The van der Waals surface area contributed by atoms with E-state index in [2.05, 4.69) is 22.6 Å². The number of aromatic amines is 1. The van der Waals surface area contributed by atoms with Gasteiger partial charge in [-0.2, -0.15) is 13.2 Å². The molecule has 0 aliphatic heterocycles. The van der Waals surface area contributed by atoms with Crippen LogP contribution >= 0.6 is 12.6 Å². The van der Waals surface area contributed by atoms with E-state index in [9.17, 15) is 22.0 Å². The molecule has 0 aliphatic rings. The van der Waals surface area contributed by atoms with E-state index >= 15 is 0 Å². The number of aryl methyl sites for hydroxylation is 1. The van der Waals surface area contributed by atoms with Crippen LogP contribution in [0.5, 0.6) is 0 Å². The third kappa shape index (κ3) is 4.98. The number of halogens is 5. The molecule has 0 unspecified atom stereocenters. The first kappa shape index (κ1) is 19.8. The number of pyridine rings is 1. The van der Waals surface area contributed by atoms with Crippen molar-refractivity contribution in [2.24, 2.45) is 0 Å². The number of hydrogen-bond donors (Lipinski definition) is 3. The molecule has 9 heteroatoms. The van der Waals surface area contributed by atoms with Gasteiger partial charge in [0.25, 0.3) is 0 Å². The van der Waals surface area contributed by atoms with Gasteiger partial charge in [0, 0.05) is 22.9 Å². The molecule has 0 radical (unpaired) electrons. The van der Waals surface area contributed by atoms with E-state index in [0.29, 0.717) is 6.07 Å². The second-order valence-corrected chi connectivity index (χ2v) is 5.80. The Labute approximate surface area is 151 Å². The monoisotopic (exact) mass is 387 g/mol. The van der Waals surface area contributed by atoms with Crippen molar-refractivity contribution in [1.82, 2.24) is 9.97 Å². The number of H-pyrrole nitrogens is 1. The number of benzene rings is 1. The Morgan fingerprint density at radius 2 is 1.77 bits per heavy atom. The molecule has 2 heterocycles. The largest absolute Gasteiger partial charge is 0.419 e. The molecule has 0 fully saturated rings. The highest BCUT2D eigenvalue weighted by atomic mass is 32.1. The predicted molar refractivity (Wildman–Crippen MR) is 91.8 cm³/mol. The van der Waals surface area contributed by atoms with E-state index in [1.54, 1.807) is 0 Å². The van der Waals surface area contributed by atoms with E-state index in [4.69, 9.17) is 5.73 Å². The van der Waals surface area contributed by atoms with Gasteiger partial charge < -0.3 is 10.7 Å². The van der Waals surface area contributed by atoms with Crippen molar-refractivity contribution in [2.45, 2.75) is 18.0 Å². The first-order valence-electron chi connectivity index (χ1n) is 7.21. The molecule has 3 nitrogen and oxygen atoms in total. The second kappa shape index (κ2) is 7.77. The molecule has 0 saturated carbocycles. The van der Waals surface area contributed by atoms with Crippen LogP contribution < -0.4 is 5.73 Å². The number of alkyl halides is 3. The van der Waals surface area contributed by atoms with Crippen LogP contribution in [0.15, 0.2) is 47.5 Å². The van der Waals surface area contributed by atoms with Crippen LogP contribution in [-0.4, -0.2) is 9.97 Å². The molecule has 138 valence electrons. The highest BCUT2D eigenvalue weighted by Gasteiger charge is 2.34. The van der Waals surface area contributed by atoms with Crippen LogP contribution in [0.3, 0.4) is 0 Å². The fourth-order valence-electron chi connectivity index (χ4n) is 2.00. The van der Waals surface area contributed by atoms with E-state index in [-0.39, 0.29) is 6.07 Å². The zero-order chi connectivity index (χ0) is 19.5. The molecule has 2 aromatic heterocycles. The summed E-state index contributed by atoms with van der Waals surface area (Å²) in [7, 11) is 0. The summed E-state index contributed by atoms with van der Waals surface area (Å²) in [5.74, 6) is -2.86. The van der Waals surface area contributed by atoms with Crippen molar-refractivity contribution >= 4 is 18.3 Å². The highest BCUT2D eigenvalue weighted by Crippen LogP contribution is 2.33. The van der Waals surface area contributed by atoms with Gasteiger partial charge in [0.05, 0.1) is 22.6 Å². The van der Waals surface area contributed by atoms with Crippen molar-refractivity contribution in [3.8, 4) is 11.4 Å². The van der Waals surface area contributed by atoms with Gasteiger partial charge in [-0.05, 0) is 31.2 Å². The van der Waals surface area contributed by atoms with E-state index in [1.165, 1.54) is 0 Å². The van der Waals surface area contributed by atoms with Crippen molar-refractivity contribution in [1.29, 1.82) is 0 Å². The number of anilines is 1. The normalized spacial score (nSPS) is 11.0. The molecule has 3 rings (SSSR count). The number of nitrogens with two attached hydrogens (primary N) is 1. The first-order chi connectivity index (χ1) is 12.1. The smallest absolute Gasteiger partial charge is 0.396 e. The van der Waals surface area contributed by atoms with Gasteiger partial charge in [0.15, 0.2) is 0 Å². The van der Waals surface area contributed by atoms with Crippen LogP contribution in [0.4, 0.5) is 27.6 Å². The standard InChI is InChI=1S/C10H10N2S.C7H4F5N/c1-7-3-2-4-9(12-7)10-5-8(13)6-11-10;8-4-2-6(13)5(9)1-3(4)7(10,11)12/h2-6,11,13H,1H3;1-2H,13H2. The number of hydrogen-bond acceptors (Lipinski definition) is 3. The minimum absolute atomic E-state index is 0.0324. The Balaban J connectivity index is 0.000000187. The maximum atomic E-state index is 12.6. The van der Waals surface area contributed by atoms with Gasteiger partial charge in [-0.3, -0.25) is 4.98 Å². The summed E-state index contributed by atoms with van der Waals surface area (Å²) in [4.78, 5) is 8.43. The molecular weight excluding hydrogens is 373 g/mol. The van der Waals surface area contributed by atoms with Crippen LogP contribution in [0, 0.1) is 18.6 Å². The summed E-state index contributed by atoms with van der Waals surface area (Å²) in [6.07, 6.45) is -3.05. The summed E-state index contributed by atoms with van der Waals surface area (Å²) in [5, 5.41) is 0. The average molecular weight is 387 g/mol. The molecule has 0 saturated heterocycles. The second-order valence-electron chi connectivity index (χ2n) is 5.29. The molecule has 0 aliphatic carbocycles. The fraction of sp³-hybridized carbons (Fsp3) is 0.118. The van der Waals surface area contributed by atoms with Gasteiger partial charge in [-0.25, -0.2) is 8.78 Å². The SMILES string of the molecule is Cc1cccc(-c2cc(S)c[nH]2)n1.Nc1cc(F)c(C(F)(F)F)cc1F.